The van der Waals surface area contributed by atoms with Crippen LogP contribution in [0.2, 0.25) is 0 Å². The SMILES string of the molecule is CC(C)CNC(=O)O.COc1ccc(CC(=O)N=C(N)N[C@H](C)CC(C)C)cc1OC. The van der Waals surface area contributed by atoms with Crippen molar-refractivity contribution in [3.05, 3.63) is 23.8 Å². The molecule has 1 aromatic carbocycles. The first-order valence-electron chi connectivity index (χ1n) is 10.3. The first-order valence-corrected chi connectivity index (χ1v) is 10.3. The number of guanidine groups is 1. The number of carboxylic acid groups (broad SMARTS) is 1. The van der Waals surface area contributed by atoms with Crippen LogP contribution in [-0.4, -0.2) is 49.9 Å². The van der Waals surface area contributed by atoms with Crippen molar-refractivity contribution < 1.29 is 24.2 Å². The number of methoxy groups -OCH3 is 2. The number of benzene rings is 1. The average Bonchev–Trinajstić information content (AvgIpc) is 2.65. The number of hydrogen-bond acceptors (Lipinski definition) is 4. The summed E-state index contributed by atoms with van der Waals surface area (Å²) in [5.41, 5.74) is 6.57. The summed E-state index contributed by atoms with van der Waals surface area (Å²) in [6.45, 7) is 10.7. The Morgan fingerprint density at radius 2 is 1.68 bits per heavy atom. The van der Waals surface area contributed by atoms with Crippen molar-refractivity contribution in [1.29, 1.82) is 0 Å². The molecule has 0 aliphatic heterocycles. The minimum atomic E-state index is -0.946. The third-order valence-electron chi connectivity index (χ3n) is 3.93. The van der Waals surface area contributed by atoms with Crippen molar-refractivity contribution in [1.82, 2.24) is 10.6 Å². The second-order valence-corrected chi connectivity index (χ2v) is 8.01. The van der Waals surface area contributed by atoms with Gasteiger partial charge in [-0.05, 0) is 42.9 Å². The van der Waals surface area contributed by atoms with Crippen molar-refractivity contribution >= 4 is 18.0 Å². The number of nitrogens with zero attached hydrogens (tertiary/aromatic N) is 1. The molecule has 1 atom stereocenters. The van der Waals surface area contributed by atoms with E-state index in [1.54, 1.807) is 32.4 Å². The maximum Gasteiger partial charge on any atom is 0.404 e. The largest absolute Gasteiger partial charge is 0.493 e. The van der Waals surface area contributed by atoms with Crippen molar-refractivity contribution in [3.63, 3.8) is 0 Å². The number of carbonyl (C=O) groups is 2. The number of hydrogen-bond donors (Lipinski definition) is 4. The molecule has 176 valence electrons. The van der Waals surface area contributed by atoms with Gasteiger partial charge in [-0.3, -0.25) is 4.79 Å². The minimum Gasteiger partial charge on any atom is -0.493 e. The third-order valence-corrected chi connectivity index (χ3v) is 3.93. The van der Waals surface area contributed by atoms with Gasteiger partial charge in [0.05, 0.1) is 20.6 Å². The van der Waals surface area contributed by atoms with Crippen molar-refractivity contribution in [3.8, 4) is 11.5 Å². The molecule has 2 amide bonds. The van der Waals surface area contributed by atoms with Crippen LogP contribution in [0.1, 0.15) is 46.6 Å². The van der Waals surface area contributed by atoms with E-state index in [1.807, 2.05) is 20.8 Å². The van der Waals surface area contributed by atoms with Crippen LogP contribution in [-0.2, 0) is 11.2 Å². The quantitative estimate of drug-likeness (QED) is 0.344. The second-order valence-electron chi connectivity index (χ2n) is 8.01. The molecule has 0 saturated heterocycles. The highest BCUT2D eigenvalue weighted by Gasteiger charge is 2.10. The zero-order chi connectivity index (χ0) is 24.0. The second kappa shape index (κ2) is 14.9. The molecule has 5 N–H and O–H groups in total. The molecule has 0 fully saturated rings. The zero-order valence-electron chi connectivity index (χ0n) is 19.7. The summed E-state index contributed by atoms with van der Waals surface area (Å²) in [7, 11) is 3.12. The van der Waals surface area contributed by atoms with Gasteiger partial charge < -0.3 is 30.9 Å². The number of nitrogens with two attached hydrogens (primary N) is 1. The number of rotatable bonds is 9. The maximum absolute atomic E-state index is 12.0. The molecule has 0 saturated carbocycles. The molecule has 0 spiro atoms. The highest BCUT2D eigenvalue weighted by molar-refractivity contribution is 5.93. The van der Waals surface area contributed by atoms with E-state index in [1.165, 1.54) is 0 Å². The molecule has 0 bridgehead atoms. The molecule has 31 heavy (non-hydrogen) atoms. The summed E-state index contributed by atoms with van der Waals surface area (Å²) in [6, 6.07) is 5.50. The van der Waals surface area contributed by atoms with Gasteiger partial charge >= 0.3 is 6.09 Å². The van der Waals surface area contributed by atoms with E-state index in [0.717, 1.165) is 12.0 Å². The smallest absolute Gasteiger partial charge is 0.404 e. The van der Waals surface area contributed by atoms with E-state index < -0.39 is 6.09 Å². The van der Waals surface area contributed by atoms with Crippen LogP contribution in [0.25, 0.3) is 0 Å². The van der Waals surface area contributed by atoms with E-state index in [4.69, 9.17) is 20.3 Å². The Morgan fingerprint density at radius 3 is 2.13 bits per heavy atom. The Kier molecular flexibility index (Phi) is 13.5. The van der Waals surface area contributed by atoms with Crippen LogP contribution >= 0.6 is 0 Å². The molecule has 0 heterocycles. The third kappa shape index (κ3) is 13.8. The molecule has 1 rings (SSSR count). The Balaban J connectivity index is 0.000000954. The summed E-state index contributed by atoms with van der Waals surface area (Å²) in [4.78, 5) is 25.7. The molecule has 0 aliphatic rings. The van der Waals surface area contributed by atoms with Crippen molar-refractivity contribution in [2.75, 3.05) is 20.8 Å². The lowest BCUT2D eigenvalue weighted by molar-refractivity contribution is -0.117. The predicted octanol–water partition coefficient (Wildman–Crippen LogP) is 3.02. The summed E-state index contributed by atoms with van der Waals surface area (Å²) < 4.78 is 10.4. The van der Waals surface area contributed by atoms with Crippen LogP contribution in [0.15, 0.2) is 23.2 Å². The van der Waals surface area contributed by atoms with Gasteiger partial charge in [-0.15, -0.1) is 0 Å². The average molecular weight is 439 g/mol. The Labute approximate surface area is 185 Å². The van der Waals surface area contributed by atoms with E-state index >= 15 is 0 Å². The molecule has 0 aliphatic carbocycles. The lowest BCUT2D eigenvalue weighted by atomic mass is 10.1. The standard InChI is InChI=1S/C17H27N3O3.C5H11NO2/c1-11(2)8-12(3)19-17(18)20-16(21)10-13-6-7-14(22-4)15(9-13)23-5;1-4(2)3-6-5(7)8/h6-7,9,11-12H,8,10H2,1-5H3,(H3,18,19,20,21);4,6H,3H2,1-2H3,(H,7,8)/t12-;/m1./s1. The van der Waals surface area contributed by atoms with Crippen LogP contribution in [0.3, 0.4) is 0 Å². The van der Waals surface area contributed by atoms with E-state index in [2.05, 4.69) is 29.5 Å². The number of amides is 2. The number of aliphatic imine (C=N–C) groups is 1. The Bertz CT molecular complexity index is 720. The van der Waals surface area contributed by atoms with Crippen LogP contribution in [0.4, 0.5) is 4.79 Å². The maximum atomic E-state index is 12.0. The number of ether oxygens (including phenoxy) is 2. The number of nitrogens with one attached hydrogen (secondary N) is 2. The van der Waals surface area contributed by atoms with Gasteiger partial charge in [0.2, 0.25) is 0 Å². The number of carbonyl (C=O) groups excluding carboxylic acids is 1. The van der Waals surface area contributed by atoms with Gasteiger partial charge in [0, 0.05) is 12.6 Å². The first-order chi connectivity index (χ1) is 14.5. The molecule has 0 aromatic heterocycles. The van der Waals surface area contributed by atoms with Crippen LogP contribution in [0.5, 0.6) is 11.5 Å². The highest BCUT2D eigenvalue weighted by atomic mass is 16.5. The van der Waals surface area contributed by atoms with Gasteiger partial charge in [-0.25, -0.2) is 4.79 Å². The monoisotopic (exact) mass is 438 g/mol. The summed E-state index contributed by atoms with van der Waals surface area (Å²) in [6.07, 6.45) is 0.167. The molecule has 0 unspecified atom stereocenters. The molecule has 9 nitrogen and oxygen atoms in total. The van der Waals surface area contributed by atoms with Crippen molar-refractivity contribution in [2.24, 2.45) is 22.6 Å². The fourth-order valence-corrected chi connectivity index (χ4v) is 2.68. The fraction of sp³-hybridized carbons (Fsp3) is 0.591. The molecular formula is C22H38N4O5. The van der Waals surface area contributed by atoms with Crippen LogP contribution in [0, 0.1) is 11.8 Å². The lowest BCUT2D eigenvalue weighted by Crippen LogP contribution is -2.39. The van der Waals surface area contributed by atoms with Gasteiger partial charge in [-0.2, -0.15) is 4.99 Å². The zero-order valence-corrected chi connectivity index (χ0v) is 19.7. The fourth-order valence-electron chi connectivity index (χ4n) is 2.68. The van der Waals surface area contributed by atoms with Gasteiger partial charge in [0.15, 0.2) is 17.5 Å². The summed E-state index contributed by atoms with van der Waals surface area (Å²) >= 11 is 0. The van der Waals surface area contributed by atoms with Gasteiger partial charge in [0.1, 0.15) is 0 Å². The normalized spacial score (nSPS) is 12.0. The Morgan fingerprint density at radius 1 is 1.06 bits per heavy atom. The van der Waals surface area contributed by atoms with Crippen LogP contribution < -0.4 is 25.8 Å². The van der Waals surface area contributed by atoms with E-state index in [-0.39, 0.29) is 24.3 Å². The lowest BCUT2D eigenvalue weighted by Gasteiger charge is -2.16. The highest BCUT2D eigenvalue weighted by Crippen LogP contribution is 2.27. The summed E-state index contributed by atoms with van der Waals surface area (Å²) in [5.74, 6) is 2.00. The van der Waals surface area contributed by atoms with Gasteiger partial charge in [0.25, 0.3) is 5.91 Å². The molecule has 0 radical (unpaired) electrons. The van der Waals surface area contributed by atoms with E-state index in [0.29, 0.717) is 29.9 Å². The van der Waals surface area contributed by atoms with E-state index in [9.17, 15) is 9.59 Å². The van der Waals surface area contributed by atoms with Gasteiger partial charge in [-0.1, -0.05) is 33.8 Å². The predicted molar refractivity (Wildman–Crippen MR) is 123 cm³/mol. The summed E-state index contributed by atoms with van der Waals surface area (Å²) in [5, 5.41) is 13.3. The topological polar surface area (TPSA) is 135 Å². The Hall–Kier alpha value is -2.97. The molecule has 9 heteroatoms. The van der Waals surface area contributed by atoms with Crippen molar-refractivity contribution in [2.45, 2.75) is 53.5 Å². The molecular weight excluding hydrogens is 400 g/mol. The molecule has 1 aromatic rings. The minimum absolute atomic E-state index is 0.154. The first kappa shape index (κ1) is 28.0.